The van der Waals surface area contributed by atoms with Crippen LogP contribution in [-0.4, -0.2) is 52.2 Å². The maximum Gasteiger partial charge on any atom is 0.130 e. The number of ether oxygens (including phenoxy) is 1. The lowest BCUT2D eigenvalue weighted by Crippen LogP contribution is -3.27. The van der Waals surface area contributed by atoms with E-state index in [1.165, 1.54) is 44.7 Å². The zero-order valence-corrected chi connectivity index (χ0v) is 14.7. The molecule has 1 aliphatic heterocycles. The van der Waals surface area contributed by atoms with Gasteiger partial charge in [-0.2, -0.15) is 0 Å². The number of ketones is 1. The van der Waals surface area contributed by atoms with E-state index < -0.39 is 0 Å². The van der Waals surface area contributed by atoms with Crippen molar-refractivity contribution in [1.82, 2.24) is 0 Å². The Balaban J connectivity index is 1.56. The number of nitrogens with one attached hydrogen (secondary N) is 2. The maximum atomic E-state index is 11.0. The first kappa shape index (κ1) is 18.0. The molecule has 0 bridgehead atoms. The van der Waals surface area contributed by atoms with Gasteiger partial charge in [0, 0.05) is 6.42 Å². The van der Waals surface area contributed by atoms with Gasteiger partial charge < -0.3 is 19.3 Å². The van der Waals surface area contributed by atoms with E-state index in [4.69, 9.17) is 4.74 Å². The van der Waals surface area contributed by atoms with Crippen molar-refractivity contribution in [2.24, 2.45) is 0 Å². The molecule has 4 nitrogen and oxygen atoms in total. The van der Waals surface area contributed by atoms with Gasteiger partial charge in [0.2, 0.25) is 0 Å². The monoisotopic (exact) mass is 320 g/mol. The first-order chi connectivity index (χ1) is 11.1. The van der Waals surface area contributed by atoms with Gasteiger partial charge in [-0.25, -0.2) is 0 Å². The molecule has 2 rings (SSSR count). The van der Waals surface area contributed by atoms with Crippen LogP contribution in [0.15, 0.2) is 24.3 Å². The highest BCUT2D eigenvalue weighted by Gasteiger charge is 2.18. The van der Waals surface area contributed by atoms with Gasteiger partial charge in [0.05, 0.1) is 20.2 Å². The van der Waals surface area contributed by atoms with E-state index in [0.717, 1.165) is 25.2 Å². The Hall–Kier alpha value is -1.39. The number of unbranched alkanes of at least 4 members (excludes halogenated alkanes) is 1. The number of quaternary nitrogens is 2. The van der Waals surface area contributed by atoms with Gasteiger partial charge in [0.15, 0.2) is 0 Å². The summed E-state index contributed by atoms with van der Waals surface area (Å²) >= 11 is 0. The normalized spacial score (nSPS) is 21.1. The fourth-order valence-electron chi connectivity index (χ4n) is 3.02. The van der Waals surface area contributed by atoms with Crippen LogP contribution < -0.4 is 14.5 Å². The van der Waals surface area contributed by atoms with Crippen LogP contribution >= 0.6 is 0 Å². The largest absolute Gasteiger partial charge is 0.494 e. The molecule has 1 saturated heterocycles. The third kappa shape index (κ3) is 7.14. The van der Waals surface area contributed by atoms with E-state index in [0.29, 0.717) is 6.42 Å². The molecule has 1 fully saturated rings. The van der Waals surface area contributed by atoms with Gasteiger partial charge in [0.25, 0.3) is 0 Å². The predicted molar refractivity (Wildman–Crippen MR) is 92.4 cm³/mol. The van der Waals surface area contributed by atoms with E-state index in [9.17, 15) is 4.79 Å². The lowest BCUT2D eigenvalue weighted by molar-refractivity contribution is -1.00. The Morgan fingerprint density at radius 2 is 1.78 bits per heavy atom. The zero-order valence-electron chi connectivity index (χ0n) is 14.7. The Labute approximate surface area is 140 Å². The van der Waals surface area contributed by atoms with Crippen LogP contribution in [0.5, 0.6) is 5.75 Å². The van der Waals surface area contributed by atoms with Crippen LogP contribution in [0.1, 0.15) is 31.7 Å². The molecule has 0 aromatic heterocycles. The molecule has 0 amide bonds. The highest BCUT2D eigenvalue weighted by Crippen LogP contribution is 2.13. The van der Waals surface area contributed by atoms with Gasteiger partial charge in [-0.1, -0.05) is 12.1 Å². The Kier molecular flexibility index (Phi) is 7.56. The summed E-state index contributed by atoms with van der Waals surface area (Å²) in [4.78, 5) is 14.4. The minimum Gasteiger partial charge on any atom is -0.494 e. The topological polar surface area (TPSA) is 35.2 Å². The van der Waals surface area contributed by atoms with Gasteiger partial charge in [-0.05, 0) is 43.9 Å². The number of likely N-dealkylation sites (N-methyl/N-ethyl adjacent to an activating group) is 1. The lowest BCUT2D eigenvalue weighted by Gasteiger charge is -2.27. The molecule has 0 aliphatic carbocycles. The summed E-state index contributed by atoms with van der Waals surface area (Å²) in [6, 6.07) is 8.16. The molecule has 23 heavy (non-hydrogen) atoms. The molecule has 1 aromatic rings. The van der Waals surface area contributed by atoms with Crippen LogP contribution in [0.25, 0.3) is 0 Å². The van der Waals surface area contributed by atoms with Crippen molar-refractivity contribution in [3.05, 3.63) is 29.8 Å². The molecule has 128 valence electrons. The summed E-state index contributed by atoms with van der Waals surface area (Å²) in [5, 5.41) is 0. The van der Waals surface area contributed by atoms with Gasteiger partial charge in [-0.15, -0.1) is 0 Å². The average Bonchev–Trinajstić information content (AvgIpc) is 2.55. The van der Waals surface area contributed by atoms with Crippen molar-refractivity contribution in [2.75, 3.05) is 46.4 Å². The molecule has 0 unspecified atom stereocenters. The molecule has 0 radical (unpaired) electrons. The van der Waals surface area contributed by atoms with Crippen LogP contribution in [0, 0.1) is 0 Å². The van der Waals surface area contributed by atoms with Crippen molar-refractivity contribution in [3.8, 4) is 5.75 Å². The van der Waals surface area contributed by atoms with Crippen molar-refractivity contribution >= 4 is 5.78 Å². The predicted octanol–water partition coefficient (Wildman–Crippen LogP) is -0.220. The second-order valence-corrected chi connectivity index (χ2v) is 6.86. The van der Waals surface area contributed by atoms with Gasteiger partial charge in [0.1, 0.15) is 37.7 Å². The summed E-state index contributed by atoms with van der Waals surface area (Å²) < 4.78 is 5.81. The van der Waals surface area contributed by atoms with E-state index in [1.807, 2.05) is 12.1 Å². The number of Topliss-reactive ketones (excluding diaryl/α,β-unsaturated/α-hetero) is 1. The second-order valence-electron chi connectivity index (χ2n) is 6.86. The SMILES string of the molecule is CC(=O)CCc1ccc(OCCCC[NH+]2CC[NH+](C)CC2)cc1. The number of carbonyl (C=O) groups excluding carboxylic acids is 1. The number of carbonyl (C=O) groups is 1. The van der Waals surface area contributed by atoms with Gasteiger partial charge >= 0.3 is 0 Å². The van der Waals surface area contributed by atoms with Crippen LogP contribution in [-0.2, 0) is 11.2 Å². The fraction of sp³-hybridized carbons (Fsp3) is 0.632. The zero-order chi connectivity index (χ0) is 16.5. The Morgan fingerprint density at radius 1 is 1.09 bits per heavy atom. The molecule has 1 aromatic carbocycles. The van der Waals surface area contributed by atoms with Crippen LogP contribution in [0.2, 0.25) is 0 Å². The number of hydrogen-bond donors (Lipinski definition) is 2. The van der Waals surface area contributed by atoms with Crippen molar-refractivity contribution in [2.45, 2.75) is 32.6 Å². The third-order valence-electron chi connectivity index (χ3n) is 4.69. The summed E-state index contributed by atoms with van der Waals surface area (Å²) in [6.45, 7) is 8.96. The molecular weight excluding hydrogens is 288 g/mol. The quantitative estimate of drug-likeness (QED) is 0.617. The summed E-state index contributed by atoms with van der Waals surface area (Å²) in [6.07, 6.45) is 3.81. The smallest absolute Gasteiger partial charge is 0.130 e. The molecule has 0 saturated carbocycles. The highest BCUT2D eigenvalue weighted by atomic mass is 16.5. The van der Waals surface area contributed by atoms with Crippen LogP contribution in [0.4, 0.5) is 0 Å². The Morgan fingerprint density at radius 3 is 2.43 bits per heavy atom. The van der Waals surface area contributed by atoms with Crippen molar-refractivity contribution in [3.63, 3.8) is 0 Å². The molecule has 4 heteroatoms. The van der Waals surface area contributed by atoms with Crippen LogP contribution in [0.3, 0.4) is 0 Å². The Bertz CT molecular complexity index is 465. The summed E-state index contributed by atoms with van der Waals surface area (Å²) in [5.74, 6) is 1.18. The van der Waals surface area contributed by atoms with Crippen molar-refractivity contribution < 1.29 is 19.3 Å². The molecule has 1 aliphatic rings. The molecule has 0 atom stereocenters. The fourth-order valence-corrected chi connectivity index (χ4v) is 3.02. The number of benzene rings is 1. The molecular formula is C19H32N2O2+2. The summed E-state index contributed by atoms with van der Waals surface area (Å²) in [7, 11) is 2.29. The first-order valence-electron chi connectivity index (χ1n) is 8.99. The molecule has 2 N–H and O–H groups in total. The number of aryl methyl sites for hydroxylation is 1. The number of piperazine rings is 1. The maximum absolute atomic E-state index is 11.0. The van der Waals surface area contributed by atoms with Crippen molar-refractivity contribution in [1.29, 1.82) is 0 Å². The summed E-state index contributed by atoms with van der Waals surface area (Å²) in [5.41, 5.74) is 1.20. The molecule has 0 spiro atoms. The van der Waals surface area contributed by atoms with E-state index in [1.54, 1.807) is 16.7 Å². The van der Waals surface area contributed by atoms with Gasteiger partial charge in [-0.3, -0.25) is 0 Å². The minimum atomic E-state index is 0.245. The van der Waals surface area contributed by atoms with E-state index in [-0.39, 0.29) is 5.78 Å². The lowest BCUT2D eigenvalue weighted by atomic mass is 10.1. The highest BCUT2D eigenvalue weighted by molar-refractivity contribution is 5.75. The first-order valence-corrected chi connectivity index (χ1v) is 8.99. The van der Waals surface area contributed by atoms with E-state index >= 15 is 0 Å². The second kappa shape index (κ2) is 9.68. The molecule has 1 heterocycles. The number of hydrogen-bond acceptors (Lipinski definition) is 2. The standard InChI is InChI=1S/C19H30N2O2/c1-17(22)5-6-18-7-9-19(10-8-18)23-16-4-3-11-21-14-12-20(2)13-15-21/h7-10H,3-6,11-16H2,1-2H3/p+2. The third-order valence-corrected chi connectivity index (χ3v) is 4.69. The average molecular weight is 320 g/mol. The number of rotatable bonds is 9. The minimum absolute atomic E-state index is 0.245. The van der Waals surface area contributed by atoms with E-state index in [2.05, 4.69) is 19.2 Å².